The Morgan fingerprint density at radius 1 is 1.44 bits per heavy atom. The summed E-state index contributed by atoms with van der Waals surface area (Å²) in [5.41, 5.74) is 6.35. The van der Waals surface area contributed by atoms with E-state index in [-0.39, 0.29) is 0 Å². The Morgan fingerprint density at radius 2 is 2.22 bits per heavy atom. The van der Waals surface area contributed by atoms with Crippen LogP contribution in [0.4, 0.5) is 0 Å². The van der Waals surface area contributed by atoms with Crippen molar-refractivity contribution in [3.05, 3.63) is 23.8 Å². The van der Waals surface area contributed by atoms with Gasteiger partial charge in [0.15, 0.2) is 0 Å². The molecule has 100 valence electrons. The fourth-order valence-corrected chi connectivity index (χ4v) is 3.22. The molecule has 0 unspecified atom stereocenters. The molecule has 0 aromatic heterocycles. The van der Waals surface area contributed by atoms with Gasteiger partial charge < -0.3 is 10.5 Å². The number of likely N-dealkylation sites (N-methyl/N-ethyl adjacent to an activating group) is 1. The van der Waals surface area contributed by atoms with Crippen molar-refractivity contribution < 1.29 is 13.2 Å². The molecule has 0 saturated carbocycles. The van der Waals surface area contributed by atoms with E-state index in [1.54, 1.807) is 18.2 Å². The maximum Gasteiger partial charge on any atom is 0.242 e. The third-order valence-electron chi connectivity index (χ3n) is 3.03. The normalized spacial score (nSPS) is 15.3. The number of nitrogens with two attached hydrogens (primary N) is 1. The van der Waals surface area contributed by atoms with Crippen molar-refractivity contribution in [2.24, 2.45) is 5.73 Å². The fraction of sp³-hybridized carbons (Fsp3) is 0.500. The highest BCUT2D eigenvalue weighted by molar-refractivity contribution is 7.89. The number of hydrogen-bond acceptors (Lipinski definition) is 4. The van der Waals surface area contributed by atoms with Crippen LogP contribution in [-0.2, 0) is 16.4 Å². The summed E-state index contributed by atoms with van der Waals surface area (Å²) in [6, 6.07) is 5.03. The van der Waals surface area contributed by atoms with Gasteiger partial charge in [0.25, 0.3) is 0 Å². The lowest BCUT2D eigenvalue weighted by Gasteiger charge is -2.20. The number of ether oxygens (including phenoxy) is 1. The number of rotatable bonds is 4. The molecule has 0 saturated heterocycles. The Kier molecular flexibility index (Phi) is 3.89. The Morgan fingerprint density at radius 3 is 2.94 bits per heavy atom. The summed E-state index contributed by atoms with van der Waals surface area (Å²) in [7, 11) is -1.90. The van der Waals surface area contributed by atoms with E-state index < -0.39 is 10.0 Å². The van der Waals surface area contributed by atoms with Gasteiger partial charge in [0.1, 0.15) is 5.75 Å². The Bertz CT molecular complexity index is 528. The molecule has 0 aliphatic carbocycles. The van der Waals surface area contributed by atoms with E-state index in [0.717, 1.165) is 24.2 Å². The second-order valence-corrected chi connectivity index (χ2v) is 6.38. The largest absolute Gasteiger partial charge is 0.493 e. The van der Waals surface area contributed by atoms with Crippen LogP contribution in [-0.4, -0.2) is 39.5 Å². The van der Waals surface area contributed by atoms with Crippen molar-refractivity contribution in [2.75, 3.05) is 26.7 Å². The van der Waals surface area contributed by atoms with Gasteiger partial charge >= 0.3 is 0 Å². The topological polar surface area (TPSA) is 72.6 Å². The van der Waals surface area contributed by atoms with Gasteiger partial charge in [0.2, 0.25) is 10.0 Å². The minimum atomic E-state index is -3.44. The average Bonchev–Trinajstić information content (AvgIpc) is 2.38. The first-order valence-corrected chi connectivity index (χ1v) is 7.42. The summed E-state index contributed by atoms with van der Waals surface area (Å²) in [4.78, 5) is 0.308. The van der Waals surface area contributed by atoms with Gasteiger partial charge in [0.05, 0.1) is 11.5 Å². The molecule has 1 aromatic rings. The highest BCUT2D eigenvalue weighted by atomic mass is 32.2. The number of aryl methyl sites for hydroxylation is 1. The minimum Gasteiger partial charge on any atom is -0.493 e. The Balaban J connectivity index is 2.33. The molecule has 0 amide bonds. The first kappa shape index (κ1) is 13.3. The molecular weight excluding hydrogens is 252 g/mol. The third-order valence-corrected chi connectivity index (χ3v) is 4.89. The lowest BCUT2D eigenvalue weighted by Crippen LogP contribution is -2.31. The van der Waals surface area contributed by atoms with Gasteiger partial charge in [0, 0.05) is 20.1 Å². The molecule has 2 rings (SSSR count). The van der Waals surface area contributed by atoms with E-state index in [4.69, 9.17) is 10.5 Å². The Labute approximate surface area is 108 Å². The van der Waals surface area contributed by atoms with Gasteiger partial charge in [-0.15, -0.1) is 0 Å². The van der Waals surface area contributed by atoms with Gasteiger partial charge in [-0.25, -0.2) is 8.42 Å². The predicted molar refractivity (Wildman–Crippen MR) is 69.1 cm³/mol. The molecule has 18 heavy (non-hydrogen) atoms. The highest BCUT2D eigenvalue weighted by Gasteiger charge is 2.22. The summed E-state index contributed by atoms with van der Waals surface area (Å²) >= 11 is 0. The summed E-state index contributed by atoms with van der Waals surface area (Å²) in [5, 5.41) is 0. The van der Waals surface area contributed by atoms with Gasteiger partial charge in [-0.2, -0.15) is 4.31 Å². The first-order chi connectivity index (χ1) is 8.55. The molecule has 1 heterocycles. The van der Waals surface area contributed by atoms with E-state index in [1.807, 2.05) is 0 Å². The van der Waals surface area contributed by atoms with Crippen LogP contribution in [0.25, 0.3) is 0 Å². The number of benzene rings is 1. The molecule has 0 radical (unpaired) electrons. The smallest absolute Gasteiger partial charge is 0.242 e. The lowest BCUT2D eigenvalue weighted by atomic mass is 10.1. The zero-order chi connectivity index (χ0) is 13.2. The maximum atomic E-state index is 12.2. The number of nitrogens with zero attached hydrogens (tertiary/aromatic N) is 1. The second-order valence-electron chi connectivity index (χ2n) is 4.34. The summed E-state index contributed by atoms with van der Waals surface area (Å²) < 4.78 is 31.2. The van der Waals surface area contributed by atoms with E-state index in [9.17, 15) is 8.42 Å². The van der Waals surface area contributed by atoms with Gasteiger partial charge in [-0.05, 0) is 36.6 Å². The molecule has 1 aliphatic rings. The quantitative estimate of drug-likeness (QED) is 0.869. The van der Waals surface area contributed by atoms with Crippen LogP contribution in [0.1, 0.15) is 12.0 Å². The van der Waals surface area contributed by atoms with Crippen molar-refractivity contribution in [2.45, 2.75) is 17.7 Å². The summed E-state index contributed by atoms with van der Waals surface area (Å²) in [6.07, 6.45) is 1.79. The van der Waals surface area contributed by atoms with Crippen molar-refractivity contribution in [3.8, 4) is 5.75 Å². The van der Waals surface area contributed by atoms with Crippen LogP contribution in [0.2, 0.25) is 0 Å². The monoisotopic (exact) mass is 270 g/mol. The van der Waals surface area contributed by atoms with Crippen molar-refractivity contribution in [3.63, 3.8) is 0 Å². The van der Waals surface area contributed by atoms with Gasteiger partial charge in [-0.1, -0.05) is 0 Å². The van der Waals surface area contributed by atoms with Crippen LogP contribution >= 0.6 is 0 Å². The Hall–Kier alpha value is -1.11. The van der Waals surface area contributed by atoms with Crippen molar-refractivity contribution in [1.82, 2.24) is 4.31 Å². The van der Waals surface area contributed by atoms with Gasteiger partial charge in [-0.3, -0.25) is 0 Å². The van der Waals surface area contributed by atoms with Crippen LogP contribution in [0.15, 0.2) is 23.1 Å². The lowest BCUT2D eigenvalue weighted by molar-refractivity contribution is 0.288. The molecule has 6 heteroatoms. The van der Waals surface area contributed by atoms with Crippen molar-refractivity contribution in [1.29, 1.82) is 0 Å². The molecule has 0 spiro atoms. The standard InChI is InChI=1S/C12H18N2O3S/c1-14(7-6-13)18(15,16)11-4-5-12-10(9-11)3-2-8-17-12/h4-5,9H,2-3,6-8,13H2,1H3. The molecule has 0 atom stereocenters. The average molecular weight is 270 g/mol. The fourth-order valence-electron chi connectivity index (χ4n) is 1.98. The van der Waals surface area contributed by atoms with Crippen LogP contribution in [0, 0.1) is 0 Å². The number of sulfonamides is 1. The highest BCUT2D eigenvalue weighted by Crippen LogP contribution is 2.28. The molecule has 0 bridgehead atoms. The second kappa shape index (κ2) is 5.26. The van der Waals surface area contributed by atoms with Crippen LogP contribution in [0.3, 0.4) is 0 Å². The van der Waals surface area contributed by atoms with Crippen LogP contribution < -0.4 is 10.5 Å². The maximum absolute atomic E-state index is 12.2. The summed E-state index contributed by atoms with van der Waals surface area (Å²) in [6.45, 7) is 1.33. The predicted octanol–water partition coefficient (Wildman–Crippen LogP) is 0.591. The molecule has 1 aromatic carbocycles. The first-order valence-electron chi connectivity index (χ1n) is 5.98. The zero-order valence-electron chi connectivity index (χ0n) is 10.4. The SMILES string of the molecule is CN(CCN)S(=O)(=O)c1ccc2c(c1)CCCO2. The molecule has 0 fully saturated rings. The third kappa shape index (κ3) is 2.50. The minimum absolute atomic E-state index is 0.308. The zero-order valence-corrected chi connectivity index (χ0v) is 11.2. The molecule has 5 nitrogen and oxygen atoms in total. The number of hydrogen-bond donors (Lipinski definition) is 1. The number of fused-ring (bicyclic) bond motifs is 1. The van der Waals surface area contributed by atoms with E-state index in [2.05, 4.69) is 0 Å². The van der Waals surface area contributed by atoms with E-state index >= 15 is 0 Å². The van der Waals surface area contributed by atoms with Crippen LogP contribution in [0.5, 0.6) is 5.75 Å². The molecule has 2 N–H and O–H groups in total. The summed E-state index contributed by atoms with van der Waals surface area (Å²) in [5.74, 6) is 0.793. The van der Waals surface area contributed by atoms with E-state index in [1.165, 1.54) is 11.4 Å². The molecular formula is C12H18N2O3S. The van der Waals surface area contributed by atoms with E-state index in [0.29, 0.717) is 24.6 Å². The molecule has 1 aliphatic heterocycles. The van der Waals surface area contributed by atoms with Crippen molar-refractivity contribution >= 4 is 10.0 Å².